The van der Waals surface area contributed by atoms with Crippen LogP contribution in [-0.4, -0.2) is 13.4 Å². The van der Waals surface area contributed by atoms with Gasteiger partial charge in [-0.05, 0) is 28.9 Å². The Balaban J connectivity index is 2.32. The van der Waals surface area contributed by atoms with Gasteiger partial charge in [-0.1, -0.05) is 11.6 Å². The second kappa shape index (κ2) is 6.17. The van der Waals surface area contributed by atoms with Gasteiger partial charge in [-0.15, -0.1) is 11.3 Å². The van der Waals surface area contributed by atoms with E-state index in [2.05, 4.69) is 25.6 Å². The van der Waals surface area contributed by atoms with Gasteiger partial charge in [-0.2, -0.15) is 0 Å². The Kier molecular flexibility index (Phi) is 4.89. The largest absolute Gasteiger partial charge is 0.395 e. The summed E-state index contributed by atoms with van der Waals surface area (Å²) in [6.07, 6.45) is 0. The van der Waals surface area contributed by atoms with E-state index in [1.165, 1.54) is 11.3 Å². The molecule has 2 rings (SSSR count). The van der Waals surface area contributed by atoms with Crippen LogP contribution < -0.4 is 10.5 Å². The Labute approximate surface area is 138 Å². The van der Waals surface area contributed by atoms with E-state index in [0.717, 1.165) is 11.1 Å². The van der Waals surface area contributed by atoms with Gasteiger partial charge >= 0.3 is 0 Å². The number of aromatic nitrogens is 1. The normalized spacial score (nSPS) is 11.8. The number of nitrogen functional groups attached to an aromatic ring is 1. The molecular formula is C11H10BrClFN3O2S2. The summed E-state index contributed by atoms with van der Waals surface area (Å²) in [7, 11) is -4.09. The fourth-order valence-corrected chi connectivity index (χ4v) is 3.82. The summed E-state index contributed by atoms with van der Waals surface area (Å²) in [5, 5.41) is 2.54. The standard InChI is InChI=1S/C11H10BrClFN3O2S2/c1-5-17-6(4-20-5)3-16-21(18,19)8-2-7(13)9(12)11(15)10(8)14/h2,4,16H,3,15H2,1H3. The molecular weight excluding hydrogens is 405 g/mol. The second-order valence-electron chi connectivity index (χ2n) is 4.08. The number of rotatable bonds is 4. The molecule has 1 aromatic heterocycles. The van der Waals surface area contributed by atoms with Crippen LogP contribution in [0.5, 0.6) is 0 Å². The van der Waals surface area contributed by atoms with Gasteiger partial charge in [0.15, 0.2) is 5.82 Å². The predicted molar refractivity (Wildman–Crippen MR) is 84.4 cm³/mol. The van der Waals surface area contributed by atoms with Gasteiger partial charge < -0.3 is 5.73 Å². The molecule has 0 radical (unpaired) electrons. The Morgan fingerprint density at radius 3 is 2.81 bits per heavy atom. The van der Waals surface area contributed by atoms with Crippen molar-refractivity contribution in [2.24, 2.45) is 0 Å². The molecule has 0 spiro atoms. The van der Waals surface area contributed by atoms with E-state index in [9.17, 15) is 12.8 Å². The quantitative estimate of drug-likeness (QED) is 0.595. The molecule has 21 heavy (non-hydrogen) atoms. The summed E-state index contributed by atoms with van der Waals surface area (Å²) in [4.78, 5) is 3.52. The van der Waals surface area contributed by atoms with Gasteiger partial charge in [-0.3, -0.25) is 0 Å². The molecule has 0 saturated carbocycles. The van der Waals surface area contributed by atoms with Crippen LogP contribution in [0, 0.1) is 12.7 Å². The minimum absolute atomic E-state index is 0.0128. The van der Waals surface area contributed by atoms with Crippen molar-refractivity contribution < 1.29 is 12.8 Å². The molecule has 0 atom stereocenters. The van der Waals surface area contributed by atoms with Crippen LogP contribution in [0.2, 0.25) is 5.02 Å². The van der Waals surface area contributed by atoms with Crippen LogP contribution in [0.1, 0.15) is 10.7 Å². The molecule has 1 aromatic carbocycles. The third kappa shape index (κ3) is 3.54. The fraction of sp³-hybridized carbons (Fsp3) is 0.182. The molecule has 0 fully saturated rings. The van der Waals surface area contributed by atoms with Gasteiger partial charge in [0.2, 0.25) is 10.0 Å². The van der Waals surface area contributed by atoms with Crippen molar-refractivity contribution in [1.29, 1.82) is 0 Å². The Morgan fingerprint density at radius 2 is 2.24 bits per heavy atom. The van der Waals surface area contributed by atoms with Crippen molar-refractivity contribution in [3.63, 3.8) is 0 Å². The number of benzene rings is 1. The number of thiazole rings is 1. The molecule has 2 aromatic rings. The molecule has 0 unspecified atom stereocenters. The van der Waals surface area contributed by atoms with Gasteiger partial charge in [0.05, 0.1) is 32.4 Å². The molecule has 0 aliphatic rings. The van der Waals surface area contributed by atoms with Crippen molar-refractivity contribution in [2.45, 2.75) is 18.4 Å². The highest BCUT2D eigenvalue weighted by Gasteiger charge is 2.24. The summed E-state index contributed by atoms with van der Waals surface area (Å²) in [5.41, 5.74) is 5.68. The topological polar surface area (TPSA) is 85.1 Å². The number of anilines is 1. The Hall–Kier alpha value is -0.740. The van der Waals surface area contributed by atoms with Crippen LogP contribution in [0.15, 0.2) is 20.8 Å². The van der Waals surface area contributed by atoms with Crippen LogP contribution in [0.3, 0.4) is 0 Å². The van der Waals surface area contributed by atoms with Crippen molar-refractivity contribution in [2.75, 3.05) is 5.73 Å². The maximum atomic E-state index is 14.0. The van der Waals surface area contributed by atoms with Crippen molar-refractivity contribution in [3.05, 3.63) is 37.5 Å². The lowest BCUT2D eigenvalue weighted by molar-refractivity contribution is 0.558. The summed E-state index contributed by atoms with van der Waals surface area (Å²) in [6.45, 7) is 1.76. The van der Waals surface area contributed by atoms with Crippen LogP contribution in [0.25, 0.3) is 0 Å². The second-order valence-corrected chi connectivity index (χ2v) is 8.08. The number of nitrogens with zero attached hydrogens (tertiary/aromatic N) is 1. The zero-order valence-corrected chi connectivity index (χ0v) is 14.6. The SMILES string of the molecule is Cc1nc(CNS(=O)(=O)c2cc(Cl)c(Br)c(N)c2F)cs1. The van der Waals surface area contributed by atoms with Crippen molar-refractivity contribution in [3.8, 4) is 0 Å². The zero-order valence-electron chi connectivity index (χ0n) is 10.7. The van der Waals surface area contributed by atoms with Crippen molar-refractivity contribution in [1.82, 2.24) is 9.71 Å². The zero-order chi connectivity index (χ0) is 15.8. The van der Waals surface area contributed by atoms with E-state index < -0.39 is 20.7 Å². The number of nitrogens with two attached hydrogens (primary N) is 1. The number of halogens is 3. The van der Waals surface area contributed by atoms with E-state index in [4.69, 9.17) is 17.3 Å². The first kappa shape index (κ1) is 16.6. The number of sulfonamides is 1. The van der Waals surface area contributed by atoms with Crippen LogP contribution in [-0.2, 0) is 16.6 Å². The van der Waals surface area contributed by atoms with E-state index in [-0.39, 0.29) is 21.7 Å². The number of hydrogen-bond acceptors (Lipinski definition) is 5. The smallest absolute Gasteiger partial charge is 0.243 e. The average Bonchev–Trinajstić information content (AvgIpc) is 2.84. The minimum atomic E-state index is -4.09. The van der Waals surface area contributed by atoms with E-state index in [1.807, 2.05) is 0 Å². The number of nitrogens with one attached hydrogen (secondary N) is 1. The first-order valence-corrected chi connectivity index (χ1v) is 9.09. The highest BCUT2D eigenvalue weighted by Crippen LogP contribution is 2.34. The maximum Gasteiger partial charge on any atom is 0.243 e. The van der Waals surface area contributed by atoms with E-state index in [0.29, 0.717) is 5.69 Å². The van der Waals surface area contributed by atoms with Gasteiger partial charge in [0.1, 0.15) is 4.90 Å². The highest BCUT2D eigenvalue weighted by molar-refractivity contribution is 9.10. The lowest BCUT2D eigenvalue weighted by atomic mass is 10.3. The molecule has 0 saturated heterocycles. The third-order valence-electron chi connectivity index (χ3n) is 2.56. The summed E-state index contributed by atoms with van der Waals surface area (Å²) in [5.74, 6) is -1.05. The number of aryl methyl sites for hydroxylation is 1. The van der Waals surface area contributed by atoms with Crippen LogP contribution >= 0.6 is 38.9 Å². The molecule has 3 N–H and O–H groups in total. The molecule has 5 nitrogen and oxygen atoms in total. The van der Waals surface area contributed by atoms with Gasteiger partial charge in [-0.25, -0.2) is 22.5 Å². The highest BCUT2D eigenvalue weighted by atomic mass is 79.9. The lowest BCUT2D eigenvalue weighted by Gasteiger charge is -2.10. The summed E-state index contributed by atoms with van der Waals surface area (Å²) >= 11 is 10.2. The van der Waals surface area contributed by atoms with Gasteiger partial charge in [0.25, 0.3) is 0 Å². The average molecular weight is 415 g/mol. The first-order chi connectivity index (χ1) is 9.72. The molecule has 114 valence electrons. The van der Waals surface area contributed by atoms with E-state index >= 15 is 0 Å². The fourth-order valence-electron chi connectivity index (χ4n) is 1.53. The van der Waals surface area contributed by atoms with E-state index in [1.54, 1.807) is 12.3 Å². The van der Waals surface area contributed by atoms with Crippen molar-refractivity contribution >= 4 is 54.6 Å². The molecule has 0 bridgehead atoms. The molecule has 0 amide bonds. The molecule has 1 heterocycles. The Morgan fingerprint density at radius 1 is 1.57 bits per heavy atom. The van der Waals surface area contributed by atoms with Crippen LogP contribution in [0.4, 0.5) is 10.1 Å². The summed E-state index contributed by atoms with van der Waals surface area (Å²) < 4.78 is 40.7. The monoisotopic (exact) mass is 413 g/mol. The number of hydrogen-bond donors (Lipinski definition) is 2. The predicted octanol–water partition coefficient (Wildman–Crippen LogP) is 3.07. The first-order valence-electron chi connectivity index (χ1n) is 5.56. The Bertz CT molecular complexity index is 795. The molecule has 10 heteroatoms. The minimum Gasteiger partial charge on any atom is -0.395 e. The third-order valence-corrected chi connectivity index (χ3v) is 6.16. The van der Waals surface area contributed by atoms with Gasteiger partial charge in [0, 0.05) is 5.38 Å². The molecule has 0 aliphatic carbocycles. The lowest BCUT2D eigenvalue weighted by Crippen LogP contribution is -2.24. The maximum absolute atomic E-state index is 14.0. The summed E-state index contributed by atoms with van der Waals surface area (Å²) in [6, 6.07) is 1.01. The molecule has 0 aliphatic heterocycles.